The van der Waals surface area contributed by atoms with Crippen molar-refractivity contribution in [2.45, 2.75) is 32.1 Å². The first-order chi connectivity index (χ1) is 18.9. The number of pyridine rings is 1. The van der Waals surface area contributed by atoms with Crippen molar-refractivity contribution in [2.75, 3.05) is 26.2 Å². The Morgan fingerprint density at radius 1 is 0.925 bits per heavy atom. The molecule has 1 saturated heterocycles. The Balaban J connectivity index is 0.000000470. The number of aliphatic carboxylic acids is 2. The number of hydrogen-bond acceptors (Lipinski definition) is 5. The zero-order chi connectivity index (χ0) is 29.0. The van der Waals surface area contributed by atoms with Gasteiger partial charge in [-0.1, -0.05) is 24.3 Å². The topological polar surface area (TPSA) is 130 Å². The zero-order valence-electron chi connectivity index (χ0n) is 21.7. The highest BCUT2D eigenvalue weighted by molar-refractivity contribution is 5.89. The maximum atomic E-state index is 12.7. The Hall–Kier alpha value is -4.16. The number of carboxylic acid groups (broad SMARTS) is 2. The number of carbonyl (C=O) groups is 2. The molecule has 9 nitrogen and oxygen atoms in total. The van der Waals surface area contributed by atoms with E-state index < -0.39 is 18.1 Å². The molecule has 2 aromatic heterocycles. The number of H-pyrrole nitrogens is 2. The van der Waals surface area contributed by atoms with Gasteiger partial charge in [-0.15, -0.1) is 0 Å². The number of benzene rings is 2. The van der Waals surface area contributed by atoms with Crippen molar-refractivity contribution in [3.05, 3.63) is 70.5 Å². The number of hydrogen-bond donors (Lipinski definition) is 4. The van der Waals surface area contributed by atoms with Crippen molar-refractivity contribution >= 4 is 33.7 Å². The Labute approximate surface area is 226 Å². The van der Waals surface area contributed by atoms with Crippen LogP contribution in [0.15, 0.2) is 59.4 Å². The summed E-state index contributed by atoms with van der Waals surface area (Å²) in [5.74, 6) is -3.50. The second-order valence-electron chi connectivity index (χ2n) is 9.77. The molecule has 0 bridgehead atoms. The molecule has 1 atom stereocenters. The van der Waals surface area contributed by atoms with Crippen LogP contribution in [0.2, 0.25) is 0 Å². The quantitative estimate of drug-likeness (QED) is 0.278. The normalized spacial score (nSPS) is 15.5. The van der Waals surface area contributed by atoms with Crippen LogP contribution >= 0.6 is 0 Å². The lowest BCUT2D eigenvalue weighted by atomic mass is 10.1. The van der Waals surface area contributed by atoms with Gasteiger partial charge in [-0.25, -0.2) is 4.79 Å². The molecule has 1 fully saturated rings. The molecule has 212 valence electrons. The van der Waals surface area contributed by atoms with E-state index in [-0.39, 0.29) is 18.0 Å². The van der Waals surface area contributed by atoms with Gasteiger partial charge < -0.3 is 20.2 Å². The maximum Gasteiger partial charge on any atom is 0.490 e. The SMILES string of the molecule is CC(CC(=O)O)N1CCN(Cc2ccc3[nH]c(-c4cc5ccccc5[nH]c4=O)cc3c2)CC1.O=C(O)C(F)(F)F. The standard InChI is InChI=1S/C26H28N4O3.C2HF3O2/c1-17(12-25(31)32)30-10-8-29(9-11-30)16-18-6-7-23-20(13-18)15-24(27-23)21-14-19-4-2-3-5-22(19)28-26(21)33;3-2(4,5)1(6)7/h2-7,13-15,17,27H,8-12,16H2,1H3,(H,28,33)(H,31,32);(H,6,7). The summed E-state index contributed by atoms with van der Waals surface area (Å²) in [5.41, 5.74) is 4.42. The molecule has 1 unspecified atom stereocenters. The molecule has 0 radical (unpaired) electrons. The minimum atomic E-state index is -5.08. The molecule has 0 saturated carbocycles. The lowest BCUT2D eigenvalue weighted by Gasteiger charge is -2.37. The first-order valence-electron chi connectivity index (χ1n) is 12.6. The fourth-order valence-corrected chi connectivity index (χ4v) is 4.78. The molecule has 12 heteroatoms. The summed E-state index contributed by atoms with van der Waals surface area (Å²) in [5, 5.41) is 18.2. The summed E-state index contributed by atoms with van der Waals surface area (Å²) >= 11 is 0. The average Bonchev–Trinajstić information content (AvgIpc) is 3.31. The third-order valence-electron chi connectivity index (χ3n) is 6.88. The van der Waals surface area contributed by atoms with E-state index in [1.807, 2.05) is 43.3 Å². The average molecular weight is 559 g/mol. The van der Waals surface area contributed by atoms with Gasteiger partial charge in [0.25, 0.3) is 5.56 Å². The van der Waals surface area contributed by atoms with Crippen molar-refractivity contribution in [3.63, 3.8) is 0 Å². The number of nitrogens with one attached hydrogen (secondary N) is 2. The van der Waals surface area contributed by atoms with Crippen LogP contribution in [0.25, 0.3) is 33.1 Å². The van der Waals surface area contributed by atoms with Gasteiger partial charge in [0.15, 0.2) is 0 Å². The van der Waals surface area contributed by atoms with Crippen LogP contribution < -0.4 is 5.56 Å². The fourth-order valence-electron chi connectivity index (χ4n) is 4.78. The summed E-state index contributed by atoms with van der Waals surface area (Å²) in [7, 11) is 0. The molecule has 0 aliphatic carbocycles. The molecule has 0 amide bonds. The van der Waals surface area contributed by atoms with Gasteiger partial charge in [-0.05, 0) is 48.2 Å². The van der Waals surface area contributed by atoms with Crippen LogP contribution in [0.4, 0.5) is 13.2 Å². The van der Waals surface area contributed by atoms with Gasteiger partial charge in [0.05, 0.1) is 17.7 Å². The predicted molar refractivity (Wildman–Crippen MR) is 144 cm³/mol. The number of aromatic nitrogens is 2. The molecule has 0 spiro atoms. The Kier molecular flexibility index (Phi) is 8.60. The van der Waals surface area contributed by atoms with Crippen LogP contribution in [-0.2, 0) is 16.1 Å². The van der Waals surface area contributed by atoms with Crippen LogP contribution in [0, 0.1) is 0 Å². The number of rotatable bonds is 6. The highest BCUT2D eigenvalue weighted by Crippen LogP contribution is 2.25. The Morgan fingerprint density at radius 3 is 2.23 bits per heavy atom. The van der Waals surface area contributed by atoms with Crippen LogP contribution in [0.1, 0.15) is 18.9 Å². The van der Waals surface area contributed by atoms with Crippen LogP contribution in [0.3, 0.4) is 0 Å². The maximum absolute atomic E-state index is 12.7. The van der Waals surface area contributed by atoms with Gasteiger partial charge in [-0.3, -0.25) is 19.4 Å². The number of para-hydroxylation sites is 1. The van der Waals surface area contributed by atoms with Crippen molar-refractivity contribution in [1.29, 1.82) is 0 Å². The summed E-state index contributed by atoms with van der Waals surface area (Å²) in [6.07, 6.45) is -4.90. The van der Waals surface area contributed by atoms with Crippen LogP contribution in [0.5, 0.6) is 0 Å². The first kappa shape index (κ1) is 28.8. The highest BCUT2D eigenvalue weighted by atomic mass is 19.4. The van der Waals surface area contributed by atoms with E-state index in [9.17, 15) is 22.8 Å². The summed E-state index contributed by atoms with van der Waals surface area (Å²) in [6, 6.07) is 18.2. The lowest BCUT2D eigenvalue weighted by molar-refractivity contribution is -0.192. The number of carboxylic acids is 2. The van der Waals surface area contributed by atoms with Crippen molar-refractivity contribution in [3.8, 4) is 11.3 Å². The van der Waals surface area contributed by atoms with E-state index in [4.69, 9.17) is 15.0 Å². The van der Waals surface area contributed by atoms with E-state index >= 15 is 0 Å². The first-order valence-corrected chi connectivity index (χ1v) is 12.6. The van der Waals surface area contributed by atoms with Crippen molar-refractivity contribution < 1.29 is 33.0 Å². The molecule has 3 heterocycles. The van der Waals surface area contributed by atoms with E-state index in [0.717, 1.165) is 60.2 Å². The fraction of sp³-hybridized carbons (Fsp3) is 0.321. The van der Waals surface area contributed by atoms with E-state index in [1.54, 1.807) is 0 Å². The van der Waals surface area contributed by atoms with Gasteiger partial charge >= 0.3 is 18.1 Å². The van der Waals surface area contributed by atoms with Crippen molar-refractivity contribution in [2.24, 2.45) is 0 Å². The van der Waals surface area contributed by atoms with Gasteiger partial charge in [0, 0.05) is 55.2 Å². The van der Waals surface area contributed by atoms with E-state index in [1.165, 1.54) is 5.56 Å². The smallest absolute Gasteiger partial charge is 0.481 e. The number of halogens is 3. The zero-order valence-corrected chi connectivity index (χ0v) is 21.7. The molecule has 1 aliphatic rings. The third kappa shape index (κ3) is 7.07. The molecule has 1 aliphatic heterocycles. The highest BCUT2D eigenvalue weighted by Gasteiger charge is 2.38. The summed E-state index contributed by atoms with van der Waals surface area (Å²) < 4.78 is 31.7. The molecule has 4 aromatic rings. The minimum absolute atomic E-state index is 0.0672. The largest absolute Gasteiger partial charge is 0.490 e. The monoisotopic (exact) mass is 558 g/mol. The molecule has 2 aromatic carbocycles. The second-order valence-corrected chi connectivity index (χ2v) is 9.77. The second kappa shape index (κ2) is 11.9. The van der Waals surface area contributed by atoms with Gasteiger partial charge in [-0.2, -0.15) is 13.2 Å². The van der Waals surface area contributed by atoms with Gasteiger partial charge in [0.1, 0.15) is 0 Å². The number of aromatic amines is 2. The number of piperazine rings is 1. The Bertz CT molecular complexity index is 1570. The number of fused-ring (bicyclic) bond motifs is 2. The van der Waals surface area contributed by atoms with Gasteiger partial charge in [0.2, 0.25) is 0 Å². The lowest BCUT2D eigenvalue weighted by Crippen LogP contribution is -2.49. The summed E-state index contributed by atoms with van der Waals surface area (Å²) in [4.78, 5) is 43.6. The molecular formula is C28H29F3N4O5. The number of alkyl halides is 3. The molecule has 5 rings (SSSR count). The Morgan fingerprint density at radius 2 is 1.57 bits per heavy atom. The molecular weight excluding hydrogens is 529 g/mol. The number of nitrogens with zero attached hydrogens (tertiary/aromatic N) is 2. The van der Waals surface area contributed by atoms with Crippen molar-refractivity contribution in [1.82, 2.24) is 19.8 Å². The predicted octanol–water partition coefficient (Wildman–Crippen LogP) is 4.29. The third-order valence-corrected chi connectivity index (χ3v) is 6.88. The van der Waals surface area contributed by atoms with E-state index in [0.29, 0.717) is 5.56 Å². The molecule has 4 N–H and O–H groups in total. The summed E-state index contributed by atoms with van der Waals surface area (Å²) in [6.45, 7) is 6.46. The molecule has 40 heavy (non-hydrogen) atoms. The van der Waals surface area contributed by atoms with Crippen LogP contribution in [-0.4, -0.2) is 80.3 Å². The minimum Gasteiger partial charge on any atom is -0.481 e. The van der Waals surface area contributed by atoms with E-state index in [2.05, 4.69) is 38.0 Å².